The van der Waals surface area contributed by atoms with Gasteiger partial charge < -0.3 is 10.7 Å². The molecule has 0 bridgehead atoms. The molecule has 3 heterocycles. The first-order chi connectivity index (χ1) is 13.9. The van der Waals surface area contributed by atoms with Crippen LogP contribution in [0.5, 0.6) is 0 Å². The van der Waals surface area contributed by atoms with Crippen LogP contribution < -0.4 is 11.3 Å². The van der Waals surface area contributed by atoms with Crippen LogP contribution in [0.25, 0.3) is 43.8 Å². The van der Waals surface area contributed by atoms with E-state index in [-0.39, 0.29) is 11.2 Å². The predicted octanol–water partition coefficient (Wildman–Crippen LogP) is 4.10. The molecule has 4 N–H and O–H groups in total. The first-order valence-corrected chi connectivity index (χ1v) is 8.91. The highest BCUT2D eigenvalue weighted by Gasteiger charge is 2.23. The number of aromatic amines is 2. The lowest BCUT2D eigenvalue weighted by Crippen LogP contribution is -2.14. The Balaban J connectivity index is 2.09. The molecule has 0 atom stereocenters. The molecule has 2 aromatic carbocycles. The van der Waals surface area contributed by atoms with Crippen molar-refractivity contribution in [3.05, 3.63) is 63.7 Å². The number of benzene rings is 2. The number of fused-ring (bicyclic) bond motifs is 4. The molecule has 5 rings (SSSR count). The zero-order valence-electron chi connectivity index (χ0n) is 15.5. The Morgan fingerprint density at radius 2 is 1.90 bits per heavy atom. The van der Waals surface area contributed by atoms with Crippen molar-refractivity contribution in [1.29, 1.82) is 0 Å². The number of hydrogen-bond donors (Lipinski definition) is 3. The average molecular weight is 391 g/mol. The number of pyridine rings is 2. The molecule has 0 aliphatic carbocycles. The lowest BCUT2D eigenvalue weighted by atomic mass is 9.90. The molecule has 0 unspecified atom stereocenters. The second-order valence-corrected chi connectivity index (χ2v) is 7.02. The fourth-order valence-electron chi connectivity index (χ4n) is 4.00. The molecular weight excluding hydrogens is 376 g/mol. The second-order valence-electron chi connectivity index (χ2n) is 7.02. The van der Waals surface area contributed by atoms with Crippen molar-refractivity contribution < 1.29 is 8.78 Å². The molecular formula is C21H15F2N5O. The standard InChI is InChI=1S/C21H15F2N5O/c1-8-9(2)18-10(4-3-5-25-18)19-14(8)15(17(24)21(29)27-19)11-6-13(22)16(23)20-12(11)7-26-28-20/h3-7H,24H2,1-2H3,(H,26,28)(H,27,29). The number of aryl methyl sites for hydroxylation is 2. The van der Waals surface area contributed by atoms with Crippen molar-refractivity contribution in [2.75, 3.05) is 5.73 Å². The van der Waals surface area contributed by atoms with E-state index in [1.54, 1.807) is 12.3 Å². The summed E-state index contributed by atoms with van der Waals surface area (Å²) in [5, 5.41) is 8.06. The fourth-order valence-corrected chi connectivity index (χ4v) is 4.00. The molecule has 0 saturated carbocycles. The number of hydrogen-bond acceptors (Lipinski definition) is 4. The van der Waals surface area contributed by atoms with Crippen LogP contribution in [-0.2, 0) is 0 Å². The molecule has 0 aliphatic heterocycles. The van der Waals surface area contributed by atoms with Crippen molar-refractivity contribution in [1.82, 2.24) is 20.2 Å². The number of H-pyrrole nitrogens is 2. The zero-order valence-corrected chi connectivity index (χ0v) is 15.5. The summed E-state index contributed by atoms with van der Waals surface area (Å²) < 4.78 is 28.6. The largest absolute Gasteiger partial charge is 0.394 e. The van der Waals surface area contributed by atoms with Crippen LogP contribution >= 0.6 is 0 Å². The Morgan fingerprint density at radius 1 is 1.10 bits per heavy atom. The van der Waals surface area contributed by atoms with Gasteiger partial charge in [0, 0.05) is 27.9 Å². The van der Waals surface area contributed by atoms with Crippen LogP contribution in [0.3, 0.4) is 0 Å². The van der Waals surface area contributed by atoms with E-state index in [2.05, 4.69) is 20.2 Å². The quantitative estimate of drug-likeness (QED) is 0.375. The third-order valence-electron chi connectivity index (χ3n) is 5.52. The minimum atomic E-state index is -1.05. The lowest BCUT2D eigenvalue weighted by Gasteiger charge is -2.17. The SMILES string of the molecule is Cc1c(C)c2c(-c3cc(F)c(F)c4[nH]ncc34)c(N)c(=O)[nH]c2c2cccnc12. The normalized spacial score (nSPS) is 11.7. The average Bonchev–Trinajstić information content (AvgIpc) is 3.21. The van der Waals surface area contributed by atoms with E-state index in [1.165, 1.54) is 6.20 Å². The van der Waals surface area contributed by atoms with Crippen molar-refractivity contribution in [2.45, 2.75) is 13.8 Å². The number of anilines is 1. The summed E-state index contributed by atoms with van der Waals surface area (Å²) in [5.74, 6) is -2.09. The van der Waals surface area contributed by atoms with Gasteiger partial charge in [-0.25, -0.2) is 8.78 Å². The van der Waals surface area contributed by atoms with Gasteiger partial charge in [0.05, 0.1) is 17.2 Å². The van der Waals surface area contributed by atoms with Gasteiger partial charge in [-0.2, -0.15) is 5.10 Å². The summed E-state index contributed by atoms with van der Waals surface area (Å²) in [6, 6.07) is 4.68. The first-order valence-electron chi connectivity index (χ1n) is 8.91. The van der Waals surface area contributed by atoms with E-state index in [9.17, 15) is 13.6 Å². The van der Waals surface area contributed by atoms with Gasteiger partial charge in [-0.1, -0.05) is 0 Å². The van der Waals surface area contributed by atoms with Crippen LogP contribution in [0.1, 0.15) is 11.1 Å². The Kier molecular flexibility index (Phi) is 3.48. The summed E-state index contributed by atoms with van der Waals surface area (Å²) in [5.41, 5.74) is 9.22. The maximum Gasteiger partial charge on any atom is 0.272 e. The molecule has 5 aromatic rings. The maximum absolute atomic E-state index is 14.4. The summed E-state index contributed by atoms with van der Waals surface area (Å²) >= 11 is 0. The van der Waals surface area contributed by atoms with Crippen LogP contribution in [0, 0.1) is 25.5 Å². The fraction of sp³-hybridized carbons (Fsp3) is 0.0952. The van der Waals surface area contributed by atoms with Gasteiger partial charge in [0.1, 0.15) is 11.2 Å². The van der Waals surface area contributed by atoms with E-state index < -0.39 is 17.2 Å². The Labute approximate surface area is 162 Å². The first kappa shape index (κ1) is 17.3. The molecule has 0 radical (unpaired) electrons. The second kappa shape index (κ2) is 5.84. The van der Waals surface area contributed by atoms with Gasteiger partial charge in [0.2, 0.25) is 0 Å². The monoisotopic (exact) mass is 391 g/mol. The van der Waals surface area contributed by atoms with E-state index in [1.807, 2.05) is 19.9 Å². The number of nitrogens with one attached hydrogen (secondary N) is 2. The van der Waals surface area contributed by atoms with Gasteiger partial charge in [0.25, 0.3) is 5.56 Å². The zero-order chi connectivity index (χ0) is 20.4. The minimum absolute atomic E-state index is 0.0725. The van der Waals surface area contributed by atoms with Crippen LogP contribution in [0.15, 0.2) is 35.4 Å². The molecule has 29 heavy (non-hydrogen) atoms. The van der Waals surface area contributed by atoms with Crippen molar-refractivity contribution in [2.24, 2.45) is 0 Å². The van der Waals surface area contributed by atoms with Gasteiger partial charge in [-0.3, -0.25) is 14.9 Å². The molecule has 0 fully saturated rings. The Bertz CT molecular complexity index is 1530. The summed E-state index contributed by atoms with van der Waals surface area (Å²) in [7, 11) is 0. The van der Waals surface area contributed by atoms with E-state index in [0.717, 1.165) is 28.1 Å². The summed E-state index contributed by atoms with van der Waals surface area (Å²) in [4.78, 5) is 20.0. The van der Waals surface area contributed by atoms with Crippen molar-refractivity contribution in [3.8, 4) is 11.1 Å². The van der Waals surface area contributed by atoms with E-state index >= 15 is 0 Å². The Hall–Kier alpha value is -3.81. The topological polar surface area (TPSA) is 100 Å². The summed E-state index contributed by atoms with van der Waals surface area (Å²) in [6.45, 7) is 3.81. The van der Waals surface area contributed by atoms with Gasteiger partial charge in [0.15, 0.2) is 11.6 Å². The number of nitrogen functional groups attached to an aromatic ring is 1. The minimum Gasteiger partial charge on any atom is -0.394 e. The highest BCUT2D eigenvalue weighted by Crippen LogP contribution is 2.41. The predicted molar refractivity (Wildman–Crippen MR) is 109 cm³/mol. The highest BCUT2D eigenvalue weighted by atomic mass is 19.2. The van der Waals surface area contributed by atoms with Crippen molar-refractivity contribution in [3.63, 3.8) is 0 Å². The molecule has 8 heteroatoms. The third-order valence-corrected chi connectivity index (χ3v) is 5.52. The van der Waals surface area contributed by atoms with Gasteiger partial charge >= 0.3 is 0 Å². The van der Waals surface area contributed by atoms with Crippen LogP contribution in [0.4, 0.5) is 14.5 Å². The molecule has 144 valence electrons. The maximum atomic E-state index is 14.4. The number of rotatable bonds is 1. The lowest BCUT2D eigenvalue weighted by molar-refractivity contribution is 0.515. The molecule has 0 aliphatic rings. The number of nitrogens with zero attached hydrogens (tertiary/aromatic N) is 2. The van der Waals surface area contributed by atoms with Crippen LogP contribution in [0.2, 0.25) is 0 Å². The van der Waals surface area contributed by atoms with E-state index in [0.29, 0.717) is 27.4 Å². The number of nitrogens with two attached hydrogens (primary N) is 1. The smallest absolute Gasteiger partial charge is 0.272 e. The Morgan fingerprint density at radius 3 is 2.69 bits per heavy atom. The molecule has 0 saturated heterocycles. The summed E-state index contributed by atoms with van der Waals surface area (Å²) in [6.07, 6.45) is 3.08. The molecule has 6 nitrogen and oxygen atoms in total. The molecule has 0 spiro atoms. The highest BCUT2D eigenvalue weighted by molar-refractivity contribution is 6.16. The van der Waals surface area contributed by atoms with Crippen molar-refractivity contribution >= 4 is 38.4 Å². The van der Waals surface area contributed by atoms with Crippen LogP contribution in [-0.4, -0.2) is 20.2 Å². The van der Waals surface area contributed by atoms with E-state index in [4.69, 9.17) is 5.73 Å². The molecule has 3 aromatic heterocycles. The van der Waals surface area contributed by atoms with Gasteiger partial charge in [-0.05, 0) is 48.7 Å². The number of halogens is 2. The third kappa shape index (κ3) is 2.22. The molecule has 0 amide bonds. The van der Waals surface area contributed by atoms with Gasteiger partial charge in [-0.15, -0.1) is 0 Å². The number of aromatic nitrogens is 4.